The molecule has 1 aromatic rings. The average Bonchev–Trinajstić information content (AvgIpc) is 2.62. The highest BCUT2D eigenvalue weighted by Gasteiger charge is 2.18. The second-order valence-electron chi connectivity index (χ2n) is 3.18. The van der Waals surface area contributed by atoms with Crippen molar-refractivity contribution >= 4 is 40.8 Å². The molecule has 1 aliphatic rings. The highest BCUT2D eigenvalue weighted by atomic mass is 35.5. The van der Waals surface area contributed by atoms with Gasteiger partial charge in [-0.25, -0.2) is 9.80 Å². The Morgan fingerprint density at radius 3 is 2.76 bits per heavy atom. The number of morpholine rings is 1. The van der Waals surface area contributed by atoms with Crippen molar-refractivity contribution in [3.63, 3.8) is 0 Å². The molecule has 2 heterocycles. The Kier molecular flexibility index (Phi) is 4.41. The molecule has 0 atom stereocenters. The van der Waals surface area contributed by atoms with E-state index in [9.17, 15) is 4.79 Å². The van der Waals surface area contributed by atoms with Crippen LogP contribution in [0.3, 0.4) is 0 Å². The van der Waals surface area contributed by atoms with Crippen molar-refractivity contribution in [2.24, 2.45) is 0 Å². The maximum Gasteiger partial charge on any atom is 0.428 e. The van der Waals surface area contributed by atoms with E-state index in [1.165, 1.54) is 0 Å². The van der Waals surface area contributed by atoms with Crippen LogP contribution in [0.25, 0.3) is 0 Å². The van der Waals surface area contributed by atoms with E-state index < -0.39 is 6.09 Å². The first kappa shape index (κ1) is 12.8. The average molecular weight is 298 g/mol. The molecular weight excluding hydrogens is 289 g/mol. The highest BCUT2D eigenvalue weighted by molar-refractivity contribution is 7.09. The first-order chi connectivity index (χ1) is 8.16. The van der Waals surface area contributed by atoms with Gasteiger partial charge in [0.15, 0.2) is 5.15 Å². The summed E-state index contributed by atoms with van der Waals surface area (Å²) in [6.07, 6.45) is -0.617. The maximum atomic E-state index is 11.5. The zero-order valence-corrected chi connectivity index (χ0v) is 10.9. The number of carbonyl (C=O) groups excluding carboxylic acids is 1. The number of halogens is 2. The van der Waals surface area contributed by atoms with Gasteiger partial charge in [-0.15, -0.1) is 0 Å². The smallest absolute Gasteiger partial charge is 0.395 e. The van der Waals surface area contributed by atoms with Crippen molar-refractivity contribution in [3.8, 4) is 5.06 Å². The molecule has 2 rings (SSSR count). The van der Waals surface area contributed by atoms with Gasteiger partial charge in [-0.2, -0.15) is 4.37 Å². The summed E-state index contributed by atoms with van der Waals surface area (Å²) >= 11 is 12.3. The molecule has 1 N–H and O–H groups in total. The maximum absolute atomic E-state index is 11.5. The molecule has 0 bridgehead atoms. The number of nitrogens with zero attached hydrogens (tertiary/aromatic N) is 2. The first-order valence-corrected chi connectivity index (χ1v) is 6.31. The summed E-state index contributed by atoms with van der Waals surface area (Å²) in [5.41, 5.74) is 2.57. The van der Waals surface area contributed by atoms with Crippen LogP contribution in [0.1, 0.15) is 0 Å². The molecule has 17 heavy (non-hydrogen) atoms. The Hall–Kier alpha value is -0.600. The SMILES string of the molecule is O=C(NN1CCOCC1)Oc1snc(Cl)c1Cl. The summed E-state index contributed by atoms with van der Waals surface area (Å²) in [7, 11) is 0. The van der Waals surface area contributed by atoms with Gasteiger partial charge in [0.1, 0.15) is 5.02 Å². The fourth-order valence-corrected chi connectivity index (χ4v) is 2.24. The molecule has 1 aromatic heterocycles. The number of ether oxygens (including phenoxy) is 2. The predicted molar refractivity (Wildman–Crippen MR) is 63.7 cm³/mol. The summed E-state index contributed by atoms with van der Waals surface area (Å²) < 4.78 is 13.9. The molecule has 0 spiro atoms. The van der Waals surface area contributed by atoms with Gasteiger partial charge in [0.05, 0.1) is 13.2 Å². The number of aromatic nitrogens is 1. The van der Waals surface area contributed by atoms with Crippen LogP contribution in [0.5, 0.6) is 5.06 Å². The van der Waals surface area contributed by atoms with Crippen molar-refractivity contribution in [1.82, 2.24) is 14.8 Å². The highest BCUT2D eigenvalue weighted by Crippen LogP contribution is 2.35. The number of hydrogen-bond donors (Lipinski definition) is 1. The van der Waals surface area contributed by atoms with Crippen molar-refractivity contribution in [2.45, 2.75) is 0 Å². The second-order valence-corrected chi connectivity index (χ2v) is 4.65. The third kappa shape index (κ3) is 3.43. The normalized spacial score (nSPS) is 16.8. The van der Waals surface area contributed by atoms with Gasteiger partial charge in [-0.3, -0.25) is 5.43 Å². The number of nitrogens with one attached hydrogen (secondary N) is 1. The summed E-state index contributed by atoms with van der Waals surface area (Å²) in [4.78, 5) is 11.5. The minimum Gasteiger partial charge on any atom is -0.395 e. The van der Waals surface area contributed by atoms with Crippen LogP contribution >= 0.6 is 34.7 Å². The molecule has 0 radical (unpaired) electrons. The van der Waals surface area contributed by atoms with Gasteiger partial charge in [-0.1, -0.05) is 23.2 Å². The number of hydrazine groups is 1. The van der Waals surface area contributed by atoms with Crippen LogP contribution in [0.15, 0.2) is 0 Å². The number of hydrogen-bond acceptors (Lipinski definition) is 6. The van der Waals surface area contributed by atoms with Gasteiger partial charge >= 0.3 is 6.09 Å². The number of carbonyl (C=O) groups is 1. The Morgan fingerprint density at radius 1 is 1.47 bits per heavy atom. The lowest BCUT2D eigenvalue weighted by Gasteiger charge is -2.26. The Bertz CT molecular complexity index is 409. The second kappa shape index (κ2) is 5.83. The summed E-state index contributed by atoms with van der Waals surface area (Å²) in [6.45, 7) is 2.39. The van der Waals surface area contributed by atoms with Crippen molar-refractivity contribution < 1.29 is 14.3 Å². The molecule has 6 nitrogen and oxygen atoms in total. The van der Waals surface area contributed by atoms with E-state index >= 15 is 0 Å². The van der Waals surface area contributed by atoms with Crippen molar-refractivity contribution in [2.75, 3.05) is 26.3 Å². The topological polar surface area (TPSA) is 63.7 Å². The van der Waals surface area contributed by atoms with E-state index in [0.717, 1.165) is 11.5 Å². The Balaban J connectivity index is 1.86. The van der Waals surface area contributed by atoms with Gasteiger partial charge in [-0.05, 0) is 0 Å². The molecule has 0 aromatic carbocycles. The van der Waals surface area contributed by atoms with Gasteiger partial charge in [0.2, 0.25) is 5.06 Å². The summed E-state index contributed by atoms with van der Waals surface area (Å²) in [5, 5.41) is 2.17. The zero-order chi connectivity index (χ0) is 12.3. The number of rotatable bonds is 2. The van der Waals surface area contributed by atoms with Crippen molar-refractivity contribution in [3.05, 3.63) is 10.2 Å². The monoisotopic (exact) mass is 297 g/mol. The molecule has 9 heteroatoms. The molecule has 0 unspecified atom stereocenters. The number of amides is 1. The molecule has 1 aliphatic heterocycles. The molecule has 0 aliphatic carbocycles. The zero-order valence-electron chi connectivity index (χ0n) is 8.61. The van der Waals surface area contributed by atoms with Crippen LogP contribution in [0.4, 0.5) is 4.79 Å². The minimum absolute atomic E-state index is 0.130. The fourth-order valence-electron chi connectivity index (χ4n) is 1.22. The molecule has 1 fully saturated rings. The minimum atomic E-state index is -0.617. The molecule has 1 amide bonds. The van der Waals surface area contributed by atoms with Crippen LogP contribution in [-0.2, 0) is 4.74 Å². The van der Waals surface area contributed by atoms with Crippen molar-refractivity contribution in [1.29, 1.82) is 0 Å². The van der Waals surface area contributed by atoms with E-state index in [2.05, 4.69) is 9.80 Å². The Labute approximate surface area is 112 Å². The third-order valence-corrected chi connectivity index (χ3v) is 3.68. The van der Waals surface area contributed by atoms with Gasteiger partial charge in [0.25, 0.3) is 0 Å². The largest absolute Gasteiger partial charge is 0.428 e. The summed E-state index contributed by atoms with van der Waals surface area (Å²) in [5.74, 6) is 0. The lowest BCUT2D eigenvalue weighted by molar-refractivity contribution is 0.0154. The van der Waals surface area contributed by atoms with Crippen LogP contribution in [0.2, 0.25) is 10.2 Å². The van der Waals surface area contributed by atoms with E-state index in [1.807, 2.05) is 0 Å². The van der Waals surface area contributed by atoms with Crippen LogP contribution in [-0.4, -0.2) is 41.8 Å². The van der Waals surface area contributed by atoms with Gasteiger partial charge < -0.3 is 9.47 Å². The third-order valence-electron chi connectivity index (χ3n) is 2.01. The van der Waals surface area contributed by atoms with E-state index in [-0.39, 0.29) is 15.2 Å². The standard InChI is InChI=1S/C8H9Cl2N3O3S/c9-5-6(10)12-17-7(5)16-8(14)11-13-1-3-15-4-2-13/h1-4H2,(H,11,14). The first-order valence-electron chi connectivity index (χ1n) is 4.78. The van der Waals surface area contributed by atoms with E-state index in [4.69, 9.17) is 32.7 Å². The van der Waals surface area contributed by atoms with Crippen LogP contribution < -0.4 is 10.2 Å². The molecule has 1 saturated heterocycles. The molecule has 94 valence electrons. The van der Waals surface area contributed by atoms with Crippen LogP contribution in [0, 0.1) is 0 Å². The quantitative estimate of drug-likeness (QED) is 0.901. The lowest BCUT2D eigenvalue weighted by Crippen LogP contribution is -2.49. The summed E-state index contributed by atoms with van der Waals surface area (Å²) in [6, 6.07) is 0. The lowest BCUT2D eigenvalue weighted by atomic mass is 10.5. The van der Waals surface area contributed by atoms with E-state index in [1.54, 1.807) is 5.01 Å². The molecule has 0 saturated carbocycles. The molecular formula is C8H9Cl2N3O3S. The fraction of sp³-hybridized carbons (Fsp3) is 0.500. The van der Waals surface area contributed by atoms with Gasteiger partial charge in [0, 0.05) is 24.6 Å². The predicted octanol–water partition coefficient (Wildman–Crippen LogP) is 1.79. The Morgan fingerprint density at radius 2 is 2.18 bits per heavy atom. The van der Waals surface area contributed by atoms with E-state index in [0.29, 0.717) is 26.3 Å².